The topological polar surface area (TPSA) is 76.7 Å². The first-order chi connectivity index (χ1) is 13.7. The van der Waals surface area contributed by atoms with Gasteiger partial charge in [-0.3, -0.25) is 14.5 Å². The fourth-order valence-corrected chi connectivity index (χ4v) is 3.28. The highest BCUT2D eigenvalue weighted by atomic mass is 16.3. The summed E-state index contributed by atoms with van der Waals surface area (Å²) in [5.41, 5.74) is 6.23. The summed E-state index contributed by atoms with van der Waals surface area (Å²) in [6.45, 7) is 0. The summed E-state index contributed by atoms with van der Waals surface area (Å²) in [5, 5.41) is 4.21. The summed E-state index contributed by atoms with van der Waals surface area (Å²) in [5.74, 6) is 0.747. The van der Waals surface area contributed by atoms with Crippen molar-refractivity contribution in [1.82, 2.24) is 19.7 Å². The lowest BCUT2D eigenvalue weighted by molar-refractivity contribution is 0.632. The van der Waals surface area contributed by atoms with Crippen molar-refractivity contribution in [2.45, 2.75) is 0 Å². The predicted molar refractivity (Wildman–Crippen MR) is 108 cm³/mol. The van der Waals surface area contributed by atoms with Gasteiger partial charge in [-0.2, -0.15) is 5.10 Å². The minimum Gasteiger partial charge on any atom is -0.454 e. The van der Waals surface area contributed by atoms with E-state index in [0.29, 0.717) is 5.58 Å². The maximum atomic E-state index is 11.3. The van der Waals surface area contributed by atoms with Gasteiger partial charge in [-0.25, -0.2) is 0 Å². The third kappa shape index (κ3) is 2.81. The number of nitrogens with one attached hydrogen (secondary N) is 1. The quantitative estimate of drug-likeness (QED) is 0.516. The smallest absolute Gasteiger partial charge is 0.247 e. The average molecular weight is 368 g/mol. The molecule has 0 unspecified atom stereocenters. The van der Waals surface area contributed by atoms with Crippen LogP contribution in [-0.2, 0) is 7.05 Å². The van der Waals surface area contributed by atoms with E-state index in [1.807, 2.05) is 43.7 Å². The van der Waals surface area contributed by atoms with Gasteiger partial charge in [-0.15, -0.1) is 0 Å². The van der Waals surface area contributed by atoms with Crippen LogP contribution in [0, 0.1) is 0 Å². The highest BCUT2D eigenvalue weighted by Gasteiger charge is 2.13. The molecule has 0 spiro atoms. The number of hydrogen-bond acceptors (Lipinski definition) is 4. The predicted octanol–water partition coefficient (Wildman–Crippen LogP) is 4.25. The summed E-state index contributed by atoms with van der Waals surface area (Å²) in [6, 6.07) is 15.3. The number of furan rings is 1. The zero-order chi connectivity index (χ0) is 19.1. The SMILES string of the molecule is Cn1cc(-c2ccc(-c3cc4nccc(-c5ccc(=O)[nH]c5)c4o3)cc2)cn1. The summed E-state index contributed by atoms with van der Waals surface area (Å²) in [4.78, 5) is 18.5. The van der Waals surface area contributed by atoms with Crippen molar-refractivity contribution >= 4 is 11.1 Å². The number of aromatic amines is 1. The highest BCUT2D eigenvalue weighted by Crippen LogP contribution is 2.33. The Hall–Kier alpha value is -3.93. The summed E-state index contributed by atoms with van der Waals surface area (Å²) in [7, 11) is 1.90. The van der Waals surface area contributed by atoms with Crippen molar-refractivity contribution in [1.29, 1.82) is 0 Å². The summed E-state index contributed by atoms with van der Waals surface area (Å²) < 4.78 is 7.93. The van der Waals surface area contributed by atoms with Crippen molar-refractivity contribution in [3.63, 3.8) is 0 Å². The molecule has 0 aliphatic rings. The third-order valence-electron chi connectivity index (χ3n) is 4.71. The molecule has 5 aromatic rings. The first kappa shape index (κ1) is 16.3. The van der Waals surface area contributed by atoms with Crippen molar-refractivity contribution in [2.75, 3.05) is 0 Å². The molecule has 6 heteroatoms. The van der Waals surface area contributed by atoms with E-state index in [1.165, 1.54) is 6.07 Å². The summed E-state index contributed by atoms with van der Waals surface area (Å²) in [6.07, 6.45) is 7.25. The van der Waals surface area contributed by atoms with Crippen LogP contribution >= 0.6 is 0 Å². The molecule has 5 rings (SSSR count). The number of nitrogens with zero attached hydrogens (tertiary/aromatic N) is 3. The fourth-order valence-electron chi connectivity index (χ4n) is 3.28. The van der Waals surface area contributed by atoms with Crippen LogP contribution < -0.4 is 5.56 Å². The lowest BCUT2D eigenvalue weighted by Crippen LogP contribution is -2.01. The van der Waals surface area contributed by atoms with Crippen LogP contribution in [-0.4, -0.2) is 19.7 Å². The molecule has 0 radical (unpaired) electrons. The van der Waals surface area contributed by atoms with Crippen LogP contribution in [0.2, 0.25) is 0 Å². The molecule has 4 heterocycles. The van der Waals surface area contributed by atoms with E-state index >= 15 is 0 Å². The van der Waals surface area contributed by atoms with Gasteiger partial charge in [0.15, 0.2) is 5.58 Å². The van der Waals surface area contributed by atoms with Crippen LogP contribution in [0.25, 0.3) is 44.7 Å². The zero-order valence-electron chi connectivity index (χ0n) is 15.1. The molecular weight excluding hydrogens is 352 g/mol. The molecule has 0 aliphatic heterocycles. The minimum atomic E-state index is -0.136. The number of pyridine rings is 2. The van der Waals surface area contributed by atoms with Crippen molar-refractivity contribution < 1.29 is 4.42 Å². The zero-order valence-corrected chi connectivity index (χ0v) is 15.1. The van der Waals surface area contributed by atoms with Crippen LogP contribution in [0.5, 0.6) is 0 Å². The van der Waals surface area contributed by atoms with Gasteiger partial charge in [-0.1, -0.05) is 24.3 Å². The molecule has 0 saturated heterocycles. The van der Waals surface area contributed by atoms with Crippen LogP contribution in [0.4, 0.5) is 0 Å². The molecule has 0 fully saturated rings. The van der Waals surface area contributed by atoms with E-state index in [9.17, 15) is 4.79 Å². The standard InChI is InChI=1S/C22H16N4O2/c1-26-13-17(12-25-26)14-2-4-15(5-3-14)20-10-19-22(28-20)18(8-9-23-19)16-6-7-21(27)24-11-16/h2-13H,1H3,(H,24,27). The molecule has 0 atom stereocenters. The van der Waals surface area contributed by atoms with E-state index < -0.39 is 0 Å². The van der Waals surface area contributed by atoms with Crippen molar-refractivity contribution in [3.05, 3.63) is 83.7 Å². The Morgan fingerprint density at radius 2 is 1.75 bits per heavy atom. The van der Waals surface area contributed by atoms with Crippen LogP contribution in [0.15, 0.2) is 82.5 Å². The summed E-state index contributed by atoms with van der Waals surface area (Å²) >= 11 is 0. The molecule has 0 amide bonds. The van der Waals surface area contributed by atoms with Gasteiger partial charge in [0.25, 0.3) is 0 Å². The van der Waals surface area contributed by atoms with Crippen molar-refractivity contribution in [2.24, 2.45) is 7.05 Å². The number of fused-ring (bicyclic) bond motifs is 1. The Balaban J connectivity index is 1.56. The maximum Gasteiger partial charge on any atom is 0.247 e. The molecule has 6 nitrogen and oxygen atoms in total. The number of rotatable bonds is 3. The monoisotopic (exact) mass is 368 g/mol. The molecule has 0 saturated carbocycles. The van der Waals surface area contributed by atoms with E-state index in [2.05, 4.69) is 27.2 Å². The minimum absolute atomic E-state index is 0.136. The van der Waals surface area contributed by atoms with Gasteiger partial charge in [0.1, 0.15) is 11.3 Å². The second-order valence-corrected chi connectivity index (χ2v) is 6.61. The number of aryl methyl sites for hydroxylation is 1. The first-order valence-corrected chi connectivity index (χ1v) is 8.84. The fraction of sp³-hybridized carbons (Fsp3) is 0.0455. The number of aromatic nitrogens is 4. The molecule has 136 valence electrons. The lowest BCUT2D eigenvalue weighted by Gasteiger charge is -2.02. The Bertz CT molecular complexity index is 1320. The van der Waals surface area contributed by atoms with E-state index in [1.54, 1.807) is 23.1 Å². The Morgan fingerprint density at radius 1 is 0.964 bits per heavy atom. The molecule has 0 bridgehead atoms. The first-order valence-electron chi connectivity index (χ1n) is 8.84. The van der Waals surface area contributed by atoms with Gasteiger partial charge < -0.3 is 9.40 Å². The molecule has 4 aromatic heterocycles. The van der Waals surface area contributed by atoms with Gasteiger partial charge >= 0.3 is 0 Å². The van der Waals surface area contributed by atoms with Crippen LogP contribution in [0.3, 0.4) is 0 Å². The number of H-pyrrole nitrogens is 1. The van der Waals surface area contributed by atoms with Gasteiger partial charge in [0.05, 0.1) is 6.20 Å². The largest absolute Gasteiger partial charge is 0.454 e. The molecule has 1 N–H and O–H groups in total. The van der Waals surface area contributed by atoms with Crippen LogP contribution in [0.1, 0.15) is 0 Å². The van der Waals surface area contributed by atoms with Crippen molar-refractivity contribution in [3.8, 4) is 33.6 Å². The second kappa shape index (κ2) is 6.35. The molecule has 1 aromatic carbocycles. The second-order valence-electron chi connectivity index (χ2n) is 6.61. The van der Waals surface area contributed by atoms with E-state index in [0.717, 1.165) is 39.1 Å². The molecule has 28 heavy (non-hydrogen) atoms. The normalized spacial score (nSPS) is 11.2. The Kier molecular flexibility index (Phi) is 3.69. The molecular formula is C22H16N4O2. The average Bonchev–Trinajstić information content (AvgIpc) is 3.35. The lowest BCUT2D eigenvalue weighted by atomic mass is 10.1. The number of hydrogen-bond donors (Lipinski definition) is 1. The van der Waals surface area contributed by atoms with E-state index in [4.69, 9.17) is 4.42 Å². The van der Waals surface area contributed by atoms with Gasteiger partial charge in [-0.05, 0) is 17.7 Å². The Morgan fingerprint density at radius 3 is 2.46 bits per heavy atom. The van der Waals surface area contributed by atoms with Gasteiger partial charge in [0, 0.05) is 60.0 Å². The van der Waals surface area contributed by atoms with E-state index in [-0.39, 0.29) is 5.56 Å². The number of benzene rings is 1. The van der Waals surface area contributed by atoms with Gasteiger partial charge in [0.2, 0.25) is 5.56 Å². The Labute approximate surface area is 160 Å². The maximum absolute atomic E-state index is 11.3. The highest BCUT2D eigenvalue weighted by molar-refractivity contribution is 5.92. The third-order valence-corrected chi connectivity index (χ3v) is 4.71. The molecule has 0 aliphatic carbocycles.